The number of hydrogen-bond acceptors (Lipinski definition) is 4. The maximum atomic E-state index is 11.9. The molecule has 0 saturated carbocycles. The molecule has 0 spiro atoms. The molecule has 17 heavy (non-hydrogen) atoms. The fourth-order valence-electron chi connectivity index (χ4n) is 1.82. The van der Waals surface area contributed by atoms with Gasteiger partial charge in [0.15, 0.2) is 0 Å². The van der Waals surface area contributed by atoms with Gasteiger partial charge in [-0.2, -0.15) is 4.31 Å². The lowest BCUT2D eigenvalue weighted by atomic mass is 10.3. The van der Waals surface area contributed by atoms with Crippen LogP contribution in [0, 0.1) is 0 Å². The average molecular weight is 264 g/mol. The first-order valence-electron chi connectivity index (χ1n) is 5.71. The van der Waals surface area contributed by atoms with E-state index < -0.39 is 16.1 Å². The molecule has 0 radical (unpaired) electrons. The predicted molar refractivity (Wildman–Crippen MR) is 64.1 cm³/mol. The lowest BCUT2D eigenvalue weighted by molar-refractivity contribution is -0.143. The highest BCUT2D eigenvalue weighted by Gasteiger charge is 2.28. The molecule has 1 saturated heterocycles. The highest BCUT2D eigenvalue weighted by molar-refractivity contribution is 7.88. The molecule has 0 N–H and O–H groups in total. The monoisotopic (exact) mass is 264 g/mol. The molecule has 0 aliphatic carbocycles. The van der Waals surface area contributed by atoms with Crippen molar-refractivity contribution in [1.29, 1.82) is 0 Å². The van der Waals surface area contributed by atoms with Crippen LogP contribution >= 0.6 is 0 Å². The Morgan fingerprint density at radius 2 is 1.82 bits per heavy atom. The van der Waals surface area contributed by atoms with Crippen LogP contribution in [0.4, 0.5) is 0 Å². The third-order valence-electron chi connectivity index (χ3n) is 2.78. The molecule has 1 aliphatic heterocycles. The Balaban J connectivity index is 2.49. The second-order valence-electron chi connectivity index (χ2n) is 4.08. The van der Waals surface area contributed by atoms with E-state index in [-0.39, 0.29) is 5.91 Å². The first kappa shape index (κ1) is 14.4. The minimum absolute atomic E-state index is 0.0694. The van der Waals surface area contributed by atoms with E-state index in [2.05, 4.69) is 0 Å². The van der Waals surface area contributed by atoms with Crippen LogP contribution in [0.25, 0.3) is 0 Å². The van der Waals surface area contributed by atoms with Gasteiger partial charge in [0.2, 0.25) is 10.0 Å². The first-order chi connectivity index (χ1) is 7.86. The van der Waals surface area contributed by atoms with Crippen molar-refractivity contribution in [2.75, 3.05) is 39.0 Å². The van der Waals surface area contributed by atoms with Crippen molar-refractivity contribution in [3.8, 4) is 0 Å². The lowest BCUT2D eigenvalue weighted by Crippen LogP contribution is -2.52. The maximum absolute atomic E-state index is 11.9. The lowest BCUT2D eigenvalue weighted by Gasteiger charge is -2.34. The Morgan fingerprint density at radius 3 is 2.24 bits per heavy atom. The van der Waals surface area contributed by atoms with Crippen molar-refractivity contribution >= 4 is 15.9 Å². The van der Waals surface area contributed by atoms with Gasteiger partial charge >= 0.3 is 0 Å². The van der Waals surface area contributed by atoms with E-state index >= 15 is 0 Å². The molecule has 100 valence electrons. The van der Waals surface area contributed by atoms with E-state index in [0.717, 1.165) is 0 Å². The van der Waals surface area contributed by atoms with Gasteiger partial charge < -0.3 is 9.64 Å². The van der Waals surface area contributed by atoms with Gasteiger partial charge in [-0.3, -0.25) is 4.79 Å². The Kier molecular flexibility index (Phi) is 4.91. The summed E-state index contributed by atoms with van der Waals surface area (Å²) in [5.74, 6) is -0.0694. The summed E-state index contributed by atoms with van der Waals surface area (Å²) in [6, 6.07) is 0. The van der Waals surface area contributed by atoms with Gasteiger partial charge in [-0.05, 0) is 13.8 Å². The van der Waals surface area contributed by atoms with Crippen LogP contribution in [0.15, 0.2) is 0 Å². The van der Waals surface area contributed by atoms with E-state index in [1.54, 1.807) is 11.8 Å². The maximum Gasteiger partial charge on any atom is 0.251 e. The standard InChI is InChI=1S/C10H20N2O4S/c1-4-16-9(2)10(13)11-5-7-12(8-6-11)17(3,14)15/h9H,4-8H2,1-3H3. The number of rotatable bonds is 4. The fraction of sp³-hybridized carbons (Fsp3) is 0.900. The predicted octanol–water partition coefficient (Wildman–Crippen LogP) is -0.485. The summed E-state index contributed by atoms with van der Waals surface area (Å²) in [6.07, 6.45) is 0.734. The molecule has 0 bridgehead atoms. The number of piperazine rings is 1. The Labute approximate surface area is 103 Å². The van der Waals surface area contributed by atoms with Gasteiger partial charge in [-0.25, -0.2) is 8.42 Å². The number of nitrogens with zero attached hydrogens (tertiary/aromatic N) is 2. The molecule has 1 unspecified atom stereocenters. The first-order valence-corrected chi connectivity index (χ1v) is 7.56. The van der Waals surface area contributed by atoms with Gasteiger partial charge in [0.05, 0.1) is 6.26 Å². The summed E-state index contributed by atoms with van der Waals surface area (Å²) in [5, 5.41) is 0. The van der Waals surface area contributed by atoms with Gasteiger partial charge in [0.1, 0.15) is 6.10 Å². The number of ether oxygens (including phenoxy) is 1. The molecule has 1 heterocycles. The summed E-state index contributed by atoms with van der Waals surface area (Å²) in [6.45, 7) is 5.65. The number of carbonyl (C=O) groups is 1. The molecule has 1 fully saturated rings. The molecule has 6 nitrogen and oxygen atoms in total. The van der Waals surface area contributed by atoms with Crippen molar-refractivity contribution in [3.05, 3.63) is 0 Å². The van der Waals surface area contributed by atoms with E-state index in [0.29, 0.717) is 32.8 Å². The Morgan fingerprint density at radius 1 is 1.29 bits per heavy atom. The SMILES string of the molecule is CCOC(C)C(=O)N1CCN(S(C)(=O)=O)CC1. The number of sulfonamides is 1. The van der Waals surface area contributed by atoms with Crippen LogP contribution in [0.2, 0.25) is 0 Å². The van der Waals surface area contributed by atoms with Crippen molar-refractivity contribution in [1.82, 2.24) is 9.21 Å². The third kappa shape index (κ3) is 3.93. The quantitative estimate of drug-likeness (QED) is 0.687. The van der Waals surface area contributed by atoms with Crippen molar-refractivity contribution < 1.29 is 17.9 Å². The van der Waals surface area contributed by atoms with Gasteiger partial charge in [-0.15, -0.1) is 0 Å². The molecule has 1 rings (SSSR count). The van der Waals surface area contributed by atoms with E-state index in [9.17, 15) is 13.2 Å². The van der Waals surface area contributed by atoms with Gasteiger partial charge in [0.25, 0.3) is 5.91 Å². The largest absolute Gasteiger partial charge is 0.369 e. The molecule has 1 aliphatic rings. The van der Waals surface area contributed by atoms with Gasteiger partial charge in [-0.1, -0.05) is 0 Å². The second kappa shape index (κ2) is 5.79. The number of amides is 1. The Bertz CT molecular complexity index is 361. The summed E-state index contributed by atoms with van der Waals surface area (Å²) in [7, 11) is -3.14. The van der Waals surface area contributed by atoms with Crippen molar-refractivity contribution in [2.24, 2.45) is 0 Å². The summed E-state index contributed by atoms with van der Waals surface area (Å²) in [4.78, 5) is 13.5. The van der Waals surface area contributed by atoms with E-state index in [4.69, 9.17) is 4.74 Å². The highest BCUT2D eigenvalue weighted by atomic mass is 32.2. The highest BCUT2D eigenvalue weighted by Crippen LogP contribution is 2.08. The molecule has 0 aromatic carbocycles. The average Bonchev–Trinajstić information content (AvgIpc) is 2.27. The van der Waals surface area contributed by atoms with Crippen molar-refractivity contribution in [2.45, 2.75) is 20.0 Å². The minimum atomic E-state index is -3.14. The summed E-state index contributed by atoms with van der Waals surface area (Å²) < 4.78 is 29.2. The van der Waals surface area contributed by atoms with Crippen LogP contribution in [0.5, 0.6) is 0 Å². The molecule has 0 aromatic rings. The number of carbonyl (C=O) groups excluding carboxylic acids is 1. The zero-order valence-corrected chi connectivity index (χ0v) is 11.4. The van der Waals surface area contributed by atoms with Crippen LogP contribution in [0.1, 0.15) is 13.8 Å². The second-order valence-corrected chi connectivity index (χ2v) is 6.07. The van der Waals surface area contributed by atoms with Crippen LogP contribution in [-0.4, -0.2) is 68.7 Å². The molecule has 0 aromatic heterocycles. The zero-order chi connectivity index (χ0) is 13.1. The smallest absolute Gasteiger partial charge is 0.251 e. The third-order valence-corrected chi connectivity index (χ3v) is 4.09. The molecule has 1 atom stereocenters. The minimum Gasteiger partial charge on any atom is -0.369 e. The van der Waals surface area contributed by atoms with Crippen molar-refractivity contribution in [3.63, 3.8) is 0 Å². The Hall–Kier alpha value is -0.660. The fourth-order valence-corrected chi connectivity index (χ4v) is 2.65. The van der Waals surface area contributed by atoms with Crippen LogP contribution in [-0.2, 0) is 19.6 Å². The van der Waals surface area contributed by atoms with Crippen LogP contribution < -0.4 is 0 Å². The van der Waals surface area contributed by atoms with E-state index in [1.165, 1.54) is 10.6 Å². The van der Waals surface area contributed by atoms with E-state index in [1.807, 2.05) is 6.92 Å². The molecular weight excluding hydrogens is 244 g/mol. The normalized spacial score (nSPS) is 20.3. The zero-order valence-electron chi connectivity index (χ0n) is 10.5. The summed E-state index contributed by atoms with van der Waals surface area (Å²) >= 11 is 0. The molecular formula is C10H20N2O4S. The summed E-state index contributed by atoms with van der Waals surface area (Å²) in [5.41, 5.74) is 0. The molecule has 1 amide bonds. The van der Waals surface area contributed by atoms with Crippen LogP contribution in [0.3, 0.4) is 0 Å². The molecule has 7 heteroatoms. The number of hydrogen-bond donors (Lipinski definition) is 0. The topological polar surface area (TPSA) is 66.9 Å². The van der Waals surface area contributed by atoms with Gasteiger partial charge in [0, 0.05) is 32.8 Å².